The van der Waals surface area contributed by atoms with Crippen molar-refractivity contribution in [1.29, 1.82) is 0 Å². The third kappa shape index (κ3) is 8.27. The van der Waals surface area contributed by atoms with E-state index in [1.54, 1.807) is 0 Å². The number of rotatable bonds is 9. The van der Waals surface area contributed by atoms with Crippen LogP contribution >= 0.6 is 0 Å². The topological polar surface area (TPSA) is 79.5 Å². The molecule has 2 aromatic carbocycles. The maximum Gasteiger partial charge on any atom is 0.315 e. The van der Waals surface area contributed by atoms with Crippen LogP contribution in [0.4, 0.5) is 4.79 Å². The summed E-state index contributed by atoms with van der Waals surface area (Å²) in [5, 5.41) is 8.05. The second kappa shape index (κ2) is 10.9. The summed E-state index contributed by atoms with van der Waals surface area (Å²) in [5.74, 6) is 0.993. The molecule has 0 saturated heterocycles. The SMILES string of the molecule is CC(C)COc1cccc(CNC(=O)NCC(=O)NCc2ccccc2)c1. The average Bonchev–Trinajstić information content (AvgIpc) is 2.68. The fourth-order valence-corrected chi connectivity index (χ4v) is 2.27. The molecule has 0 radical (unpaired) electrons. The second-order valence-electron chi connectivity index (χ2n) is 6.65. The maximum atomic E-state index is 11.9. The number of hydrogen-bond donors (Lipinski definition) is 3. The molecule has 0 bridgehead atoms. The van der Waals surface area contributed by atoms with Crippen LogP contribution in [-0.2, 0) is 17.9 Å². The van der Waals surface area contributed by atoms with Gasteiger partial charge in [-0.2, -0.15) is 0 Å². The average molecular weight is 369 g/mol. The van der Waals surface area contributed by atoms with Gasteiger partial charge in [0.2, 0.25) is 5.91 Å². The van der Waals surface area contributed by atoms with Crippen molar-refractivity contribution in [3.05, 3.63) is 65.7 Å². The van der Waals surface area contributed by atoms with E-state index >= 15 is 0 Å². The van der Waals surface area contributed by atoms with Crippen LogP contribution < -0.4 is 20.7 Å². The summed E-state index contributed by atoms with van der Waals surface area (Å²) in [6.07, 6.45) is 0. The second-order valence-corrected chi connectivity index (χ2v) is 6.65. The predicted molar refractivity (Wildman–Crippen MR) is 105 cm³/mol. The first-order valence-corrected chi connectivity index (χ1v) is 9.07. The smallest absolute Gasteiger partial charge is 0.315 e. The highest BCUT2D eigenvalue weighted by atomic mass is 16.5. The van der Waals surface area contributed by atoms with Gasteiger partial charge in [-0.3, -0.25) is 4.79 Å². The van der Waals surface area contributed by atoms with Crippen molar-refractivity contribution >= 4 is 11.9 Å². The minimum absolute atomic E-state index is 0.0732. The van der Waals surface area contributed by atoms with Gasteiger partial charge in [0.25, 0.3) is 0 Å². The summed E-state index contributed by atoms with van der Waals surface area (Å²) in [6.45, 7) is 5.55. The van der Waals surface area contributed by atoms with Crippen LogP contribution in [0.15, 0.2) is 54.6 Å². The molecule has 3 N–H and O–H groups in total. The molecule has 0 fully saturated rings. The fourth-order valence-electron chi connectivity index (χ4n) is 2.27. The number of nitrogens with one attached hydrogen (secondary N) is 3. The van der Waals surface area contributed by atoms with Gasteiger partial charge in [0, 0.05) is 13.1 Å². The molecule has 0 aliphatic carbocycles. The van der Waals surface area contributed by atoms with Crippen LogP contribution in [0.25, 0.3) is 0 Å². The molecule has 0 saturated carbocycles. The van der Waals surface area contributed by atoms with E-state index in [1.165, 1.54) is 0 Å². The van der Waals surface area contributed by atoms with E-state index in [2.05, 4.69) is 29.8 Å². The minimum Gasteiger partial charge on any atom is -0.493 e. The summed E-state index contributed by atoms with van der Waals surface area (Å²) in [5.41, 5.74) is 1.94. The summed E-state index contributed by atoms with van der Waals surface area (Å²) in [4.78, 5) is 23.7. The van der Waals surface area contributed by atoms with Crippen molar-refractivity contribution < 1.29 is 14.3 Å². The van der Waals surface area contributed by atoms with Gasteiger partial charge in [0.1, 0.15) is 5.75 Å². The molecule has 6 heteroatoms. The highest BCUT2D eigenvalue weighted by Gasteiger charge is 2.06. The minimum atomic E-state index is -0.390. The Hall–Kier alpha value is -3.02. The lowest BCUT2D eigenvalue weighted by Gasteiger charge is -2.11. The molecule has 0 spiro atoms. The van der Waals surface area contributed by atoms with Crippen LogP contribution in [0.1, 0.15) is 25.0 Å². The third-order valence-corrected chi connectivity index (χ3v) is 3.68. The van der Waals surface area contributed by atoms with Gasteiger partial charge >= 0.3 is 6.03 Å². The number of benzene rings is 2. The van der Waals surface area contributed by atoms with Gasteiger partial charge in [0.15, 0.2) is 0 Å². The van der Waals surface area contributed by atoms with Crippen LogP contribution in [0.5, 0.6) is 5.75 Å². The molecule has 2 rings (SSSR count). The van der Waals surface area contributed by atoms with Gasteiger partial charge in [-0.1, -0.05) is 56.3 Å². The lowest BCUT2D eigenvalue weighted by molar-refractivity contribution is -0.120. The number of carbonyl (C=O) groups excluding carboxylic acids is 2. The Morgan fingerprint density at radius 3 is 2.33 bits per heavy atom. The van der Waals surface area contributed by atoms with Crippen LogP contribution in [0, 0.1) is 5.92 Å². The first-order valence-electron chi connectivity index (χ1n) is 9.07. The quantitative estimate of drug-likeness (QED) is 0.636. The van der Waals surface area contributed by atoms with Crippen molar-refractivity contribution in [3.8, 4) is 5.75 Å². The van der Waals surface area contributed by atoms with Crippen molar-refractivity contribution in [2.75, 3.05) is 13.2 Å². The molecular weight excluding hydrogens is 342 g/mol. The third-order valence-electron chi connectivity index (χ3n) is 3.68. The summed E-state index contributed by atoms with van der Waals surface area (Å²) >= 11 is 0. The van der Waals surface area contributed by atoms with E-state index < -0.39 is 6.03 Å². The van der Waals surface area contributed by atoms with Gasteiger partial charge < -0.3 is 20.7 Å². The predicted octanol–water partition coefficient (Wildman–Crippen LogP) is 2.84. The molecule has 0 heterocycles. The number of urea groups is 1. The van der Waals surface area contributed by atoms with Gasteiger partial charge in [-0.05, 0) is 29.2 Å². The number of carbonyl (C=O) groups is 2. The Balaban J connectivity index is 1.67. The molecule has 0 unspecified atom stereocenters. The zero-order valence-corrected chi connectivity index (χ0v) is 15.8. The highest BCUT2D eigenvalue weighted by Crippen LogP contribution is 2.14. The Labute approximate surface area is 160 Å². The lowest BCUT2D eigenvalue weighted by atomic mass is 10.2. The molecule has 27 heavy (non-hydrogen) atoms. The Bertz CT molecular complexity index is 732. The van der Waals surface area contributed by atoms with Crippen molar-refractivity contribution in [2.24, 2.45) is 5.92 Å². The van der Waals surface area contributed by atoms with Gasteiger partial charge in [-0.15, -0.1) is 0 Å². The van der Waals surface area contributed by atoms with Crippen molar-refractivity contribution in [2.45, 2.75) is 26.9 Å². The van der Waals surface area contributed by atoms with E-state index in [9.17, 15) is 9.59 Å². The largest absolute Gasteiger partial charge is 0.493 e. The monoisotopic (exact) mass is 369 g/mol. The molecule has 2 aromatic rings. The van der Waals surface area contributed by atoms with Gasteiger partial charge in [0.05, 0.1) is 13.2 Å². The van der Waals surface area contributed by atoms with E-state index in [-0.39, 0.29) is 12.5 Å². The molecule has 3 amide bonds. The molecule has 6 nitrogen and oxygen atoms in total. The van der Waals surface area contributed by atoms with Crippen LogP contribution in [0.3, 0.4) is 0 Å². The van der Waals surface area contributed by atoms with Crippen molar-refractivity contribution in [3.63, 3.8) is 0 Å². The van der Waals surface area contributed by atoms with Crippen molar-refractivity contribution in [1.82, 2.24) is 16.0 Å². The lowest BCUT2D eigenvalue weighted by Crippen LogP contribution is -2.41. The highest BCUT2D eigenvalue weighted by molar-refractivity contribution is 5.83. The Kier molecular flexibility index (Phi) is 8.16. The molecular formula is C21H27N3O3. The Morgan fingerprint density at radius 1 is 0.889 bits per heavy atom. The number of hydrogen-bond acceptors (Lipinski definition) is 3. The van der Waals surface area contributed by atoms with E-state index in [0.29, 0.717) is 25.6 Å². The molecule has 0 aliphatic rings. The standard InChI is InChI=1S/C21H27N3O3/c1-16(2)15-27-19-10-6-9-18(11-19)13-23-21(26)24-14-20(25)22-12-17-7-4-3-5-8-17/h3-11,16H,12-15H2,1-2H3,(H,22,25)(H2,23,24,26). The number of ether oxygens (including phenoxy) is 1. The molecule has 144 valence electrons. The number of amides is 3. The molecule has 0 atom stereocenters. The molecule has 0 aromatic heterocycles. The zero-order valence-electron chi connectivity index (χ0n) is 15.8. The van der Waals surface area contributed by atoms with E-state index in [4.69, 9.17) is 4.74 Å². The fraction of sp³-hybridized carbons (Fsp3) is 0.333. The molecule has 0 aliphatic heterocycles. The van der Waals surface area contributed by atoms with E-state index in [0.717, 1.165) is 16.9 Å². The van der Waals surface area contributed by atoms with Crippen LogP contribution in [0.2, 0.25) is 0 Å². The summed E-state index contributed by atoms with van der Waals surface area (Å²) in [6, 6.07) is 16.8. The zero-order chi connectivity index (χ0) is 19.5. The first-order chi connectivity index (χ1) is 13.0. The maximum absolute atomic E-state index is 11.9. The van der Waals surface area contributed by atoms with E-state index in [1.807, 2.05) is 54.6 Å². The normalized spacial score (nSPS) is 10.3. The summed E-state index contributed by atoms with van der Waals surface area (Å²) in [7, 11) is 0. The first kappa shape index (κ1) is 20.3. The van der Waals surface area contributed by atoms with Gasteiger partial charge in [-0.25, -0.2) is 4.79 Å². The summed E-state index contributed by atoms with van der Waals surface area (Å²) < 4.78 is 5.68. The van der Waals surface area contributed by atoms with Crippen LogP contribution in [-0.4, -0.2) is 25.1 Å². The Morgan fingerprint density at radius 2 is 1.59 bits per heavy atom.